The lowest BCUT2D eigenvalue weighted by molar-refractivity contribution is -0.116. The zero-order valence-electron chi connectivity index (χ0n) is 18.4. The Morgan fingerprint density at radius 3 is 2.52 bits per heavy atom. The van der Waals surface area contributed by atoms with Crippen molar-refractivity contribution < 1.29 is 9.53 Å². The molecule has 0 aliphatic rings. The van der Waals surface area contributed by atoms with Gasteiger partial charge in [-0.25, -0.2) is 0 Å². The second-order valence-electron chi connectivity index (χ2n) is 7.76. The third kappa shape index (κ3) is 5.35. The van der Waals surface area contributed by atoms with Crippen molar-refractivity contribution in [3.63, 3.8) is 0 Å². The molecule has 0 spiro atoms. The maximum Gasteiger partial charge on any atom is 0.256 e. The van der Waals surface area contributed by atoms with Crippen molar-refractivity contribution in [2.75, 3.05) is 17.7 Å². The molecule has 0 fully saturated rings. The van der Waals surface area contributed by atoms with Gasteiger partial charge in [0.15, 0.2) is 0 Å². The monoisotopic (exact) mass is 461 g/mol. The van der Waals surface area contributed by atoms with E-state index in [0.29, 0.717) is 34.1 Å². The summed E-state index contributed by atoms with van der Waals surface area (Å²) in [5, 5.41) is 7.45. The number of hydrogen-bond donors (Lipinski definition) is 2. The van der Waals surface area contributed by atoms with Gasteiger partial charge in [-0.05, 0) is 60.8 Å². The van der Waals surface area contributed by atoms with Gasteiger partial charge in [0.25, 0.3) is 5.56 Å². The number of rotatable bonds is 7. The maximum atomic E-state index is 13.4. The Hall–Kier alpha value is -3.77. The van der Waals surface area contributed by atoms with Gasteiger partial charge >= 0.3 is 0 Å². The minimum atomic E-state index is -0.327. The predicted molar refractivity (Wildman–Crippen MR) is 133 cm³/mol. The van der Waals surface area contributed by atoms with E-state index in [2.05, 4.69) is 10.6 Å². The minimum Gasteiger partial charge on any atom is -0.497 e. The number of nitrogens with one attached hydrogen (secondary N) is 2. The normalized spacial score (nSPS) is 10.8. The fraction of sp³-hybridized carbons (Fsp3) is 0.154. The van der Waals surface area contributed by atoms with E-state index >= 15 is 0 Å². The van der Waals surface area contributed by atoms with E-state index in [4.69, 9.17) is 16.3 Å². The average Bonchev–Trinajstić information content (AvgIpc) is 2.80. The van der Waals surface area contributed by atoms with Crippen LogP contribution >= 0.6 is 11.6 Å². The number of benzene rings is 3. The largest absolute Gasteiger partial charge is 0.497 e. The van der Waals surface area contributed by atoms with Crippen molar-refractivity contribution in [1.82, 2.24) is 4.57 Å². The zero-order chi connectivity index (χ0) is 23.4. The molecule has 4 aromatic rings. The number of carbonyl (C=O) groups is 1. The van der Waals surface area contributed by atoms with E-state index < -0.39 is 0 Å². The molecule has 168 valence electrons. The summed E-state index contributed by atoms with van der Waals surface area (Å²) in [6, 6.07) is 22.2. The van der Waals surface area contributed by atoms with Gasteiger partial charge in [0.1, 0.15) is 12.3 Å². The standard InChI is InChI=1S/C26H24ClN3O3/c1-17-6-9-21(10-7-17)28-15-19-12-18-8-11-23(33-2)14-24(18)30(26(19)32)16-25(31)29-22-5-3-4-20(27)13-22/h3-14,28H,15-16H2,1-2H3,(H,29,31). The Morgan fingerprint density at radius 2 is 1.79 bits per heavy atom. The van der Waals surface area contributed by atoms with E-state index in [0.717, 1.165) is 16.6 Å². The van der Waals surface area contributed by atoms with Crippen LogP contribution in [0.5, 0.6) is 5.75 Å². The molecule has 0 saturated carbocycles. The third-order valence-corrected chi connectivity index (χ3v) is 5.56. The van der Waals surface area contributed by atoms with Gasteiger partial charge in [0.2, 0.25) is 5.91 Å². The summed E-state index contributed by atoms with van der Waals surface area (Å²) in [5.74, 6) is 0.281. The number of halogens is 1. The number of aromatic nitrogens is 1. The van der Waals surface area contributed by atoms with Crippen LogP contribution in [0.3, 0.4) is 0 Å². The van der Waals surface area contributed by atoms with Crippen LogP contribution in [0.4, 0.5) is 11.4 Å². The van der Waals surface area contributed by atoms with Crippen molar-refractivity contribution >= 4 is 39.8 Å². The lowest BCUT2D eigenvalue weighted by atomic mass is 10.1. The fourth-order valence-electron chi connectivity index (χ4n) is 3.60. The van der Waals surface area contributed by atoms with Crippen LogP contribution in [0.25, 0.3) is 10.9 Å². The zero-order valence-corrected chi connectivity index (χ0v) is 19.1. The van der Waals surface area contributed by atoms with Gasteiger partial charge in [0.05, 0.1) is 12.6 Å². The van der Waals surface area contributed by atoms with Gasteiger partial charge < -0.3 is 15.4 Å². The van der Waals surface area contributed by atoms with E-state index in [1.165, 1.54) is 4.57 Å². The number of ether oxygens (including phenoxy) is 1. The molecule has 0 aliphatic heterocycles. The highest BCUT2D eigenvalue weighted by Crippen LogP contribution is 2.22. The molecule has 6 nitrogen and oxygen atoms in total. The summed E-state index contributed by atoms with van der Waals surface area (Å²) in [7, 11) is 1.56. The molecule has 0 atom stereocenters. The first-order valence-corrected chi connectivity index (χ1v) is 10.9. The number of anilines is 2. The second-order valence-corrected chi connectivity index (χ2v) is 8.20. The topological polar surface area (TPSA) is 72.4 Å². The Balaban J connectivity index is 1.67. The Labute approximate surface area is 196 Å². The minimum absolute atomic E-state index is 0.145. The molecule has 2 N–H and O–H groups in total. The first-order valence-electron chi connectivity index (χ1n) is 10.5. The van der Waals surface area contributed by atoms with Gasteiger partial charge in [-0.15, -0.1) is 0 Å². The van der Waals surface area contributed by atoms with Crippen LogP contribution in [0.2, 0.25) is 5.02 Å². The second kappa shape index (κ2) is 9.79. The maximum absolute atomic E-state index is 13.4. The van der Waals surface area contributed by atoms with Crippen LogP contribution < -0.4 is 20.9 Å². The summed E-state index contributed by atoms with van der Waals surface area (Å²) in [6.07, 6.45) is 0. The van der Waals surface area contributed by atoms with Crippen LogP contribution in [-0.4, -0.2) is 17.6 Å². The lowest BCUT2D eigenvalue weighted by Gasteiger charge is -2.15. The molecule has 0 aliphatic carbocycles. The molecular formula is C26H24ClN3O3. The first kappa shape index (κ1) is 22.4. The van der Waals surface area contributed by atoms with Gasteiger partial charge in [-0.3, -0.25) is 14.2 Å². The Bertz CT molecular complexity index is 1360. The van der Waals surface area contributed by atoms with Gasteiger partial charge in [-0.2, -0.15) is 0 Å². The summed E-state index contributed by atoms with van der Waals surface area (Å²) in [5.41, 5.74) is 3.59. The summed E-state index contributed by atoms with van der Waals surface area (Å²) >= 11 is 6.01. The van der Waals surface area contributed by atoms with Crippen LogP contribution in [-0.2, 0) is 17.9 Å². The average molecular weight is 462 g/mol. The highest BCUT2D eigenvalue weighted by Gasteiger charge is 2.14. The number of fused-ring (bicyclic) bond motifs is 1. The lowest BCUT2D eigenvalue weighted by Crippen LogP contribution is -2.30. The Kier molecular flexibility index (Phi) is 6.66. The SMILES string of the molecule is COc1ccc2cc(CNc3ccc(C)cc3)c(=O)n(CC(=O)Nc3cccc(Cl)c3)c2c1. The van der Waals surface area contributed by atoms with E-state index in [1.54, 1.807) is 37.4 Å². The number of carbonyl (C=O) groups excluding carboxylic acids is 1. The van der Waals surface area contributed by atoms with E-state index in [-0.39, 0.29) is 18.0 Å². The third-order valence-electron chi connectivity index (χ3n) is 5.32. The highest BCUT2D eigenvalue weighted by atomic mass is 35.5. The summed E-state index contributed by atoms with van der Waals surface area (Å²) in [6.45, 7) is 2.21. The van der Waals surface area contributed by atoms with Crippen molar-refractivity contribution in [3.8, 4) is 5.75 Å². The van der Waals surface area contributed by atoms with Crippen molar-refractivity contribution in [3.05, 3.63) is 99.3 Å². The Morgan fingerprint density at radius 1 is 1.00 bits per heavy atom. The number of hydrogen-bond acceptors (Lipinski definition) is 4. The molecular weight excluding hydrogens is 438 g/mol. The number of aryl methyl sites for hydroxylation is 1. The molecule has 0 radical (unpaired) electrons. The molecule has 7 heteroatoms. The number of nitrogens with zero attached hydrogens (tertiary/aromatic N) is 1. The van der Waals surface area contributed by atoms with Crippen molar-refractivity contribution in [1.29, 1.82) is 0 Å². The molecule has 33 heavy (non-hydrogen) atoms. The van der Waals surface area contributed by atoms with Crippen LogP contribution in [0.1, 0.15) is 11.1 Å². The number of methoxy groups -OCH3 is 1. The molecule has 1 aromatic heterocycles. The molecule has 0 saturated heterocycles. The first-order chi connectivity index (χ1) is 15.9. The highest BCUT2D eigenvalue weighted by molar-refractivity contribution is 6.30. The quantitative estimate of drug-likeness (QED) is 0.395. The van der Waals surface area contributed by atoms with E-state index in [9.17, 15) is 9.59 Å². The van der Waals surface area contributed by atoms with Crippen LogP contribution in [0.15, 0.2) is 77.6 Å². The smallest absolute Gasteiger partial charge is 0.256 e. The predicted octanol–water partition coefficient (Wildman–Crippen LogP) is 5.22. The van der Waals surface area contributed by atoms with Crippen molar-refractivity contribution in [2.24, 2.45) is 0 Å². The van der Waals surface area contributed by atoms with Gasteiger partial charge in [-0.1, -0.05) is 35.4 Å². The summed E-state index contributed by atoms with van der Waals surface area (Å²) in [4.78, 5) is 26.2. The number of pyridine rings is 1. The molecule has 1 amide bonds. The molecule has 0 bridgehead atoms. The molecule has 0 unspecified atom stereocenters. The molecule has 3 aromatic carbocycles. The van der Waals surface area contributed by atoms with Crippen LogP contribution in [0, 0.1) is 6.92 Å². The summed E-state index contributed by atoms with van der Waals surface area (Å²) < 4.78 is 6.81. The molecule has 1 heterocycles. The number of amides is 1. The fourth-order valence-corrected chi connectivity index (χ4v) is 3.79. The van der Waals surface area contributed by atoms with E-state index in [1.807, 2.05) is 49.4 Å². The van der Waals surface area contributed by atoms with Crippen molar-refractivity contribution in [2.45, 2.75) is 20.0 Å². The van der Waals surface area contributed by atoms with Gasteiger partial charge in [0, 0.05) is 34.6 Å². The molecule has 4 rings (SSSR count).